The molecule has 2 N–H and O–H groups in total. The van der Waals surface area contributed by atoms with Crippen LogP contribution in [0.15, 0.2) is 53.0 Å². The van der Waals surface area contributed by atoms with Crippen LogP contribution in [0, 0.1) is 5.92 Å². The van der Waals surface area contributed by atoms with Gasteiger partial charge in [-0.1, -0.05) is 22.0 Å². The van der Waals surface area contributed by atoms with Crippen molar-refractivity contribution in [3.63, 3.8) is 0 Å². The van der Waals surface area contributed by atoms with Crippen molar-refractivity contribution in [2.45, 2.75) is 6.42 Å². The first-order valence-electron chi connectivity index (χ1n) is 8.17. The topological polar surface area (TPSA) is 78.5 Å². The maximum absolute atomic E-state index is 12.5. The molecule has 1 heterocycles. The first-order valence-corrected chi connectivity index (χ1v) is 8.96. The summed E-state index contributed by atoms with van der Waals surface area (Å²) in [5, 5.41) is 5.36. The Morgan fingerprint density at radius 1 is 1.15 bits per heavy atom. The average molecular weight is 416 g/mol. The Balaban J connectivity index is 1.65. The smallest absolute Gasteiger partial charge is 0.251 e. The molecular formula is C19H18BrN3O3. The molecule has 1 atom stereocenters. The van der Waals surface area contributed by atoms with Crippen LogP contribution in [0.3, 0.4) is 0 Å². The zero-order chi connectivity index (χ0) is 18.7. The summed E-state index contributed by atoms with van der Waals surface area (Å²) < 4.78 is 0.881. The van der Waals surface area contributed by atoms with Gasteiger partial charge in [0.05, 0.1) is 5.92 Å². The number of rotatable bonds is 4. The highest BCUT2D eigenvalue weighted by atomic mass is 79.9. The van der Waals surface area contributed by atoms with E-state index < -0.39 is 5.92 Å². The summed E-state index contributed by atoms with van der Waals surface area (Å²) in [6.45, 7) is 0.345. The van der Waals surface area contributed by atoms with Crippen LogP contribution in [0.1, 0.15) is 16.8 Å². The second-order valence-electron chi connectivity index (χ2n) is 6.03. The maximum atomic E-state index is 12.5. The summed E-state index contributed by atoms with van der Waals surface area (Å²) in [5.74, 6) is -0.879. The first kappa shape index (κ1) is 18.1. The zero-order valence-electron chi connectivity index (χ0n) is 14.2. The van der Waals surface area contributed by atoms with Gasteiger partial charge in [-0.3, -0.25) is 14.4 Å². The molecule has 0 aromatic heterocycles. The molecule has 26 heavy (non-hydrogen) atoms. The molecular weight excluding hydrogens is 398 g/mol. The van der Waals surface area contributed by atoms with Crippen LogP contribution in [-0.2, 0) is 9.59 Å². The lowest BCUT2D eigenvalue weighted by Gasteiger charge is -2.17. The zero-order valence-corrected chi connectivity index (χ0v) is 15.7. The van der Waals surface area contributed by atoms with Crippen molar-refractivity contribution in [1.29, 1.82) is 0 Å². The maximum Gasteiger partial charge on any atom is 0.251 e. The number of carbonyl (C=O) groups is 3. The van der Waals surface area contributed by atoms with E-state index in [0.29, 0.717) is 17.8 Å². The SMILES string of the molecule is CNC(=O)c1ccc(NC(=O)[C@@H]2CC(=O)N(c3cccc(Br)c3)C2)cc1. The molecule has 6 nitrogen and oxygen atoms in total. The molecule has 0 bridgehead atoms. The highest BCUT2D eigenvalue weighted by Gasteiger charge is 2.35. The van der Waals surface area contributed by atoms with Gasteiger partial charge in [-0.05, 0) is 42.5 Å². The minimum Gasteiger partial charge on any atom is -0.355 e. The Labute approximate surface area is 159 Å². The van der Waals surface area contributed by atoms with Crippen molar-refractivity contribution >= 4 is 45.0 Å². The fourth-order valence-corrected chi connectivity index (χ4v) is 3.26. The van der Waals surface area contributed by atoms with Crippen molar-refractivity contribution in [3.05, 3.63) is 58.6 Å². The van der Waals surface area contributed by atoms with Gasteiger partial charge in [-0.15, -0.1) is 0 Å². The van der Waals surface area contributed by atoms with E-state index in [1.807, 2.05) is 24.3 Å². The van der Waals surface area contributed by atoms with Crippen molar-refractivity contribution in [1.82, 2.24) is 5.32 Å². The van der Waals surface area contributed by atoms with Crippen LogP contribution in [-0.4, -0.2) is 31.3 Å². The minimum absolute atomic E-state index is 0.0711. The largest absolute Gasteiger partial charge is 0.355 e. The number of carbonyl (C=O) groups excluding carboxylic acids is 3. The molecule has 0 aliphatic carbocycles. The normalized spacial score (nSPS) is 16.5. The van der Waals surface area contributed by atoms with E-state index in [0.717, 1.165) is 10.2 Å². The van der Waals surface area contributed by atoms with Gasteiger partial charge >= 0.3 is 0 Å². The molecule has 7 heteroatoms. The summed E-state index contributed by atoms with van der Waals surface area (Å²) in [6, 6.07) is 14.1. The van der Waals surface area contributed by atoms with Gasteiger partial charge in [0.15, 0.2) is 0 Å². The van der Waals surface area contributed by atoms with Crippen LogP contribution in [0.2, 0.25) is 0 Å². The highest BCUT2D eigenvalue weighted by molar-refractivity contribution is 9.10. The summed E-state index contributed by atoms with van der Waals surface area (Å²) >= 11 is 3.39. The fraction of sp³-hybridized carbons (Fsp3) is 0.211. The van der Waals surface area contributed by atoms with Gasteiger partial charge in [0.1, 0.15) is 0 Å². The van der Waals surface area contributed by atoms with Gasteiger partial charge < -0.3 is 15.5 Å². The minimum atomic E-state index is -0.417. The molecule has 0 unspecified atom stereocenters. The van der Waals surface area contributed by atoms with E-state index >= 15 is 0 Å². The summed E-state index contributed by atoms with van der Waals surface area (Å²) in [7, 11) is 1.56. The molecule has 1 aliphatic heterocycles. The van der Waals surface area contributed by atoms with E-state index in [-0.39, 0.29) is 24.1 Å². The standard InChI is InChI=1S/C19H18BrN3O3/c1-21-18(25)12-5-7-15(8-6-12)22-19(26)13-9-17(24)23(11-13)16-4-2-3-14(20)10-16/h2-8,10,13H,9,11H2,1H3,(H,21,25)(H,22,26)/t13-/m1/s1. The number of benzene rings is 2. The van der Waals surface area contributed by atoms with Gasteiger partial charge in [0.25, 0.3) is 5.91 Å². The number of anilines is 2. The van der Waals surface area contributed by atoms with Crippen LogP contribution in [0.4, 0.5) is 11.4 Å². The first-order chi connectivity index (χ1) is 12.5. The number of hydrogen-bond acceptors (Lipinski definition) is 3. The van der Waals surface area contributed by atoms with Gasteiger partial charge in [-0.25, -0.2) is 0 Å². The second kappa shape index (κ2) is 7.70. The number of nitrogens with one attached hydrogen (secondary N) is 2. The monoisotopic (exact) mass is 415 g/mol. The van der Waals surface area contributed by atoms with Gasteiger partial charge in [0.2, 0.25) is 11.8 Å². The van der Waals surface area contributed by atoms with E-state index in [2.05, 4.69) is 26.6 Å². The summed E-state index contributed by atoms with van der Waals surface area (Å²) in [6.07, 6.45) is 0.175. The van der Waals surface area contributed by atoms with Crippen molar-refractivity contribution < 1.29 is 14.4 Å². The van der Waals surface area contributed by atoms with Crippen molar-refractivity contribution in [2.24, 2.45) is 5.92 Å². The van der Waals surface area contributed by atoms with E-state index in [9.17, 15) is 14.4 Å². The molecule has 1 fully saturated rings. The molecule has 3 rings (SSSR count). The highest BCUT2D eigenvalue weighted by Crippen LogP contribution is 2.28. The molecule has 0 spiro atoms. The summed E-state index contributed by atoms with van der Waals surface area (Å²) in [5.41, 5.74) is 1.88. The predicted octanol–water partition coefficient (Wildman–Crippen LogP) is 2.80. The lowest BCUT2D eigenvalue weighted by atomic mass is 10.1. The fourth-order valence-electron chi connectivity index (χ4n) is 2.87. The number of nitrogens with zero attached hydrogens (tertiary/aromatic N) is 1. The Kier molecular flexibility index (Phi) is 5.37. The quantitative estimate of drug-likeness (QED) is 0.805. The third kappa shape index (κ3) is 3.94. The van der Waals surface area contributed by atoms with Crippen molar-refractivity contribution in [3.8, 4) is 0 Å². The van der Waals surface area contributed by atoms with Crippen molar-refractivity contribution in [2.75, 3.05) is 23.8 Å². The Hall–Kier alpha value is -2.67. The Bertz CT molecular complexity index is 851. The van der Waals surface area contributed by atoms with Crippen LogP contribution in [0.25, 0.3) is 0 Å². The lowest BCUT2D eigenvalue weighted by molar-refractivity contribution is -0.122. The molecule has 2 aromatic rings. The molecule has 0 saturated carbocycles. The molecule has 0 radical (unpaired) electrons. The van der Waals surface area contributed by atoms with Crippen LogP contribution in [0.5, 0.6) is 0 Å². The second-order valence-corrected chi connectivity index (χ2v) is 6.95. The van der Waals surface area contributed by atoms with E-state index in [1.54, 1.807) is 36.2 Å². The van der Waals surface area contributed by atoms with Gasteiger partial charge in [-0.2, -0.15) is 0 Å². The Morgan fingerprint density at radius 3 is 2.54 bits per heavy atom. The third-order valence-corrected chi connectivity index (χ3v) is 4.75. The Morgan fingerprint density at radius 2 is 1.88 bits per heavy atom. The average Bonchev–Trinajstić information content (AvgIpc) is 3.03. The molecule has 134 valence electrons. The predicted molar refractivity (Wildman–Crippen MR) is 103 cm³/mol. The van der Waals surface area contributed by atoms with E-state index in [4.69, 9.17) is 0 Å². The number of amides is 3. The lowest BCUT2D eigenvalue weighted by Crippen LogP contribution is -2.28. The molecule has 1 saturated heterocycles. The summed E-state index contributed by atoms with van der Waals surface area (Å²) in [4.78, 5) is 38.0. The number of halogens is 1. The third-order valence-electron chi connectivity index (χ3n) is 4.26. The van der Waals surface area contributed by atoms with Crippen LogP contribution >= 0.6 is 15.9 Å². The molecule has 1 aliphatic rings. The molecule has 2 aromatic carbocycles. The van der Waals surface area contributed by atoms with Crippen LogP contribution < -0.4 is 15.5 Å². The van der Waals surface area contributed by atoms with Gasteiger partial charge in [0, 0.05) is 41.4 Å². The van der Waals surface area contributed by atoms with E-state index in [1.165, 1.54) is 0 Å². The molecule has 3 amide bonds. The number of hydrogen-bond donors (Lipinski definition) is 2.